The van der Waals surface area contributed by atoms with Gasteiger partial charge in [-0.05, 0) is 32.9 Å². The van der Waals surface area contributed by atoms with E-state index in [0.29, 0.717) is 11.5 Å². The van der Waals surface area contributed by atoms with E-state index in [0.717, 1.165) is 6.07 Å². The quantitative estimate of drug-likeness (QED) is 0.588. The molecular formula is C15H20N4O5S. The monoisotopic (exact) mass is 368 g/mol. The van der Waals surface area contributed by atoms with E-state index in [2.05, 4.69) is 9.88 Å². The van der Waals surface area contributed by atoms with Gasteiger partial charge in [-0.15, -0.1) is 0 Å². The molecule has 0 unspecified atom stereocenters. The molecule has 1 aromatic heterocycles. The zero-order chi connectivity index (χ0) is 18.8. The van der Waals surface area contributed by atoms with Gasteiger partial charge in [0, 0.05) is 25.2 Å². The number of sulfonamides is 1. The fourth-order valence-electron chi connectivity index (χ4n) is 2.34. The van der Waals surface area contributed by atoms with Crippen LogP contribution in [0.3, 0.4) is 0 Å². The van der Waals surface area contributed by atoms with E-state index in [1.165, 1.54) is 12.1 Å². The lowest BCUT2D eigenvalue weighted by molar-refractivity contribution is -0.384. The average molecular weight is 368 g/mol. The molecule has 0 radical (unpaired) electrons. The van der Waals surface area contributed by atoms with Crippen LogP contribution in [0.5, 0.6) is 0 Å². The third-order valence-corrected chi connectivity index (χ3v) is 4.99. The van der Waals surface area contributed by atoms with Gasteiger partial charge in [0.1, 0.15) is 17.1 Å². The van der Waals surface area contributed by atoms with E-state index in [1.807, 2.05) is 0 Å². The third-order valence-electron chi connectivity index (χ3n) is 3.33. The smallest absolute Gasteiger partial charge is 0.293 e. The molecule has 0 aliphatic heterocycles. The Labute approximate surface area is 145 Å². The third kappa shape index (κ3) is 4.54. The van der Waals surface area contributed by atoms with Crippen LogP contribution in [0.4, 0.5) is 11.4 Å². The predicted octanol–water partition coefficient (Wildman–Crippen LogP) is 2.21. The molecule has 0 aliphatic rings. The molecule has 0 bridgehead atoms. The molecule has 0 spiro atoms. The first-order valence-corrected chi connectivity index (χ1v) is 9.02. The maximum Gasteiger partial charge on any atom is 0.293 e. The molecule has 136 valence electrons. The highest BCUT2D eigenvalue weighted by atomic mass is 32.2. The lowest BCUT2D eigenvalue weighted by Gasteiger charge is -2.18. The van der Waals surface area contributed by atoms with Gasteiger partial charge < -0.3 is 9.42 Å². The minimum atomic E-state index is -3.81. The van der Waals surface area contributed by atoms with E-state index in [4.69, 9.17) is 4.52 Å². The lowest BCUT2D eigenvalue weighted by Crippen LogP contribution is -2.30. The molecule has 2 aromatic rings. The van der Waals surface area contributed by atoms with Gasteiger partial charge in [0.2, 0.25) is 10.0 Å². The molecule has 0 fully saturated rings. The number of anilines is 1. The number of rotatable bonds is 7. The molecule has 1 aromatic carbocycles. The van der Waals surface area contributed by atoms with E-state index in [-0.39, 0.29) is 28.9 Å². The number of nitro groups is 1. The molecule has 25 heavy (non-hydrogen) atoms. The molecule has 0 aliphatic carbocycles. The summed E-state index contributed by atoms with van der Waals surface area (Å²) in [6.45, 7) is 5.39. The Morgan fingerprint density at radius 2 is 2.04 bits per heavy atom. The SMILES string of the molecule is Cc1cc(CN(C)c2ccc(S(=O)(=O)NC(C)C)cc2[N+](=O)[O-])no1. The van der Waals surface area contributed by atoms with Gasteiger partial charge in [-0.2, -0.15) is 0 Å². The van der Waals surface area contributed by atoms with Crippen LogP contribution in [0.2, 0.25) is 0 Å². The Morgan fingerprint density at radius 1 is 1.36 bits per heavy atom. The molecule has 0 saturated heterocycles. The van der Waals surface area contributed by atoms with Crippen molar-refractivity contribution in [2.45, 2.75) is 38.3 Å². The number of nitrogens with one attached hydrogen (secondary N) is 1. The van der Waals surface area contributed by atoms with E-state index >= 15 is 0 Å². The topological polar surface area (TPSA) is 119 Å². The molecule has 0 amide bonds. The largest absolute Gasteiger partial charge is 0.363 e. The second-order valence-corrected chi connectivity index (χ2v) is 7.68. The Balaban J connectivity index is 2.37. The summed E-state index contributed by atoms with van der Waals surface area (Å²) in [5, 5.41) is 15.3. The molecule has 9 nitrogen and oxygen atoms in total. The number of nitrogens with zero attached hydrogens (tertiary/aromatic N) is 3. The van der Waals surface area contributed by atoms with Crippen LogP contribution in [-0.4, -0.2) is 31.6 Å². The van der Waals surface area contributed by atoms with Crippen molar-refractivity contribution in [2.24, 2.45) is 0 Å². The van der Waals surface area contributed by atoms with Crippen molar-refractivity contribution >= 4 is 21.4 Å². The van der Waals surface area contributed by atoms with E-state index < -0.39 is 14.9 Å². The molecule has 10 heteroatoms. The Bertz CT molecular complexity index is 876. The lowest BCUT2D eigenvalue weighted by atomic mass is 10.2. The minimum absolute atomic E-state index is 0.151. The first-order chi connectivity index (χ1) is 11.6. The van der Waals surface area contributed by atoms with Gasteiger partial charge >= 0.3 is 0 Å². The summed E-state index contributed by atoms with van der Waals surface area (Å²) >= 11 is 0. The zero-order valence-electron chi connectivity index (χ0n) is 14.4. The second-order valence-electron chi connectivity index (χ2n) is 5.97. The van der Waals surface area contributed by atoms with E-state index in [1.54, 1.807) is 38.8 Å². The van der Waals surface area contributed by atoms with Gasteiger partial charge in [-0.1, -0.05) is 5.16 Å². The van der Waals surface area contributed by atoms with Crippen LogP contribution in [-0.2, 0) is 16.6 Å². The number of hydrogen-bond acceptors (Lipinski definition) is 7. The number of aryl methyl sites for hydroxylation is 1. The van der Waals surface area contributed by atoms with E-state index in [9.17, 15) is 18.5 Å². The summed E-state index contributed by atoms with van der Waals surface area (Å²) in [6, 6.07) is 5.23. The number of benzene rings is 1. The summed E-state index contributed by atoms with van der Waals surface area (Å²) in [4.78, 5) is 12.3. The van der Waals surface area contributed by atoms with Crippen molar-refractivity contribution in [3.63, 3.8) is 0 Å². The summed E-state index contributed by atoms with van der Waals surface area (Å²) in [5.74, 6) is 0.638. The van der Waals surface area contributed by atoms with Gasteiger partial charge in [0.05, 0.1) is 16.4 Å². The van der Waals surface area contributed by atoms with Crippen LogP contribution in [0, 0.1) is 17.0 Å². The maximum absolute atomic E-state index is 12.2. The molecular weight excluding hydrogens is 348 g/mol. The summed E-state index contributed by atoms with van der Waals surface area (Å²) in [5.41, 5.74) is 0.607. The van der Waals surface area contributed by atoms with Gasteiger partial charge in [-0.25, -0.2) is 13.1 Å². The zero-order valence-corrected chi connectivity index (χ0v) is 15.2. The van der Waals surface area contributed by atoms with Crippen molar-refractivity contribution in [2.75, 3.05) is 11.9 Å². The molecule has 0 atom stereocenters. The normalized spacial score (nSPS) is 11.7. The predicted molar refractivity (Wildman–Crippen MR) is 91.9 cm³/mol. The summed E-state index contributed by atoms with van der Waals surface area (Å²) in [7, 11) is -2.15. The van der Waals surface area contributed by atoms with Gasteiger partial charge in [0.15, 0.2) is 0 Å². The Morgan fingerprint density at radius 3 is 2.56 bits per heavy atom. The standard InChI is InChI=1S/C15H20N4O5S/c1-10(2)17-25(22,23)13-5-6-14(15(8-13)19(20)21)18(4)9-12-7-11(3)24-16-12/h5-8,10,17H,9H2,1-4H3. The first-order valence-electron chi connectivity index (χ1n) is 7.54. The van der Waals surface area contributed by atoms with Crippen molar-refractivity contribution in [1.29, 1.82) is 0 Å². The molecule has 1 N–H and O–H groups in total. The fraction of sp³-hybridized carbons (Fsp3) is 0.400. The highest BCUT2D eigenvalue weighted by Gasteiger charge is 2.24. The van der Waals surface area contributed by atoms with Crippen molar-refractivity contribution in [3.8, 4) is 0 Å². The minimum Gasteiger partial charge on any atom is -0.363 e. The highest BCUT2D eigenvalue weighted by Crippen LogP contribution is 2.31. The number of hydrogen-bond donors (Lipinski definition) is 1. The first kappa shape index (κ1) is 18.9. The number of aromatic nitrogens is 1. The maximum atomic E-state index is 12.2. The van der Waals surface area contributed by atoms with Crippen LogP contribution < -0.4 is 9.62 Å². The van der Waals surface area contributed by atoms with Crippen molar-refractivity contribution in [1.82, 2.24) is 9.88 Å². The van der Waals surface area contributed by atoms with Crippen molar-refractivity contribution < 1.29 is 17.9 Å². The molecule has 0 saturated carbocycles. The number of nitro benzene ring substituents is 1. The van der Waals surface area contributed by atoms with Crippen LogP contribution in [0.1, 0.15) is 25.3 Å². The Hall–Kier alpha value is -2.46. The summed E-state index contributed by atoms with van der Waals surface area (Å²) < 4.78 is 31.8. The Kier molecular flexibility index (Phi) is 5.43. The molecule has 1 heterocycles. The second kappa shape index (κ2) is 7.19. The van der Waals surface area contributed by atoms with Crippen LogP contribution in [0.15, 0.2) is 33.7 Å². The average Bonchev–Trinajstić information content (AvgIpc) is 2.90. The highest BCUT2D eigenvalue weighted by molar-refractivity contribution is 7.89. The van der Waals surface area contributed by atoms with Crippen LogP contribution in [0.25, 0.3) is 0 Å². The fourth-order valence-corrected chi connectivity index (χ4v) is 3.61. The van der Waals surface area contributed by atoms with Crippen LogP contribution >= 0.6 is 0 Å². The molecule has 2 rings (SSSR count). The van der Waals surface area contributed by atoms with Crippen molar-refractivity contribution in [3.05, 3.63) is 45.8 Å². The van der Waals surface area contributed by atoms with Gasteiger partial charge in [-0.3, -0.25) is 10.1 Å². The summed E-state index contributed by atoms with van der Waals surface area (Å²) in [6.07, 6.45) is 0. The van der Waals surface area contributed by atoms with Gasteiger partial charge in [0.25, 0.3) is 5.69 Å².